The van der Waals surface area contributed by atoms with Gasteiger partial charge in [-0.05, 0) is 19.3 Å². The van der Waals surface area contributed by atoms with Crippen LogP contribution in [0.25, 0.3) is 0 Å². The molecule has 0 saturated carbocycles. The highest BCUT2D eigenvalue weighted by Gasteiger charge is 2.19. The summed E-state index contributed by atoms with van der Waals surface area (Å²) in [7, 11) is 1.64. The summed E-state index contributed by atoms with van der Waals surface area (Å²) in [6, 6.07) is 0. The van der Waals surface area contributed by atoms with E-state index in [1.807, 2.05) is 0 Å². The highest BCUT2D eigenvalue weighted by molar-refractivity contribution is 5.34. The zero-order valence-electron chi connectivity index (χ0n) is 7.71. The molecule has 0 aromatic carbocycles. The number of nitrogens with zero attached hydrogens (tertiary/aromatic N) is 2. The highest BCUT2D eigenvalue weighted by atomic mass is 16.5. The number of aryl methyl sites for hydroxylation is 1. The molecule has 4 heteroatoms. The molecule has 0 radical (unpaired) electrons. The van der Waals surface area contributed by atoms with E-state index in [4.69, 9.17) is 10.5 Å². The van der Waals surface area contributed by atoms with Gasteiger partial charge in [0.1, 0.15) is 5.82 Å². The third kappa shape index (κ3) is 1.37. The second-order valence-electron chi connectivity index (χ2n) is 3.13. The molecule has 1 aliphatic carbocycles. The van der Waals surface area contributed by atoms with Crippen molar-refractivity contribution in [3.8, 4) is 5.88 Å². The van der Waals surface area contributed by atoms with Gasteiger partial charge in [-0.2, -0.15) is 4.98 Å². The third-order valence-corrected chi connectivity index (χ3v) is 2.32. The van der Waals surface area contributed by atoms with E-state index >= 15 is 0 Å². The number of ether oxygens (including phenoxy) is 1. The molecule has 4 nitrogen and oxygen atoms in total. The van der Waals surface area contributed by atoms with Crippen LogP contribution in [0.2, 0.25) is 0 Å². The van der Waals surface area contributed by atoms with E-state index in [9.17, 15) is 0 Å². The number of aromatic nitrogens is 2. The molecular formula is C9H13N3O. The van der Waals surface area contributed by atoms with Gasteiger partial charge in [-0.1, -0.05) is 0 Å². The normalized spacial score (nSPS) is 14.3. The molecule has 70 valence electrons. The maximum Gasteiger partial charge on any atom is 0.219 e. The van der Waals surface area contributed by atoms with E-state index in [1.54, 1.807) is 7.11 Å². The van der Waals surface area contributed by atoms with Gasteiger partial charge in [-0.15, -0.1) is 0 Å². The summed E-state index contributed by atoms with van der Waals surface area (Å²) in [5.41, 5.74) is 7.77. The Morgan fingerprint density at radius 1 is 1.38 bits per heavy atom. The zero-order chi connectivity index (χ0) is 9.26. The number of hydrogen-bond donors (Lipinski definition) is 1. The molecule has 0 unspecified atom stereocenters. The molecule has 1 aromatic heterocycles. The average Bonchev–Trinajstić information content (AvgIpc) is 2.63. The fraction of sp³-hybridized carbons (Fsp3) is 0.556. The van der Waals surface area contributed by atoms with Gasteiger partial charge in [0.05, 0.1) is 19.3 Å². The third-order valence-electron chi connectivity index (χ3n) is 2.32. The van der Waals surface area contributed by atoms with E-state index < -0.39 is 0 Å². The van der Waals surface area contributed by atoms with Gasteiger partial charge in [0.15, 0.2) is 0 Å². The standard InChI is InChI=1S/C9H13N3O/c1-13-9-6-3-2-4-7(6)11-8(5-10)12-9/h2-5,10H2,1H3. The Bertz CT molecular complexity index is 325. The monoisotopic (exact) mass is 179 g/mol. The van der Waals surface area contributed by atoms with Crippen molar-refractivity contribution in [2.45, 2.75) is 25.8 Å². The molecule has 1 aliphatic rings. The van der Waals surface area contributed by atoms with Crippen molar-refractivity contribution >= 4 is 0 Å². The second-order valence-corrected chi connectivity index (χ2v) is 3.13. The first-order valence-corrected chi connectivity index (χ1v) is 4.48. The molecule has 0 saturated heterocycles. The van der Waals surface area contributed by atoms with E-state index in [0.717, 1.165) is 25.0 Å². The fourth-order valence-corrected chi connectivity index (χ4v) is 1.71. The van der Waals surface area contributed by atoms with Gasteiger partial charge < -0.3 is 10.5 Å². The Morgan fingerprint density at radius 3 is 2.92 bits per heavy atom. The van der Waals surface area contributed by atoms with Crippen LogP contribution in [0, 0.1) is 0 Å². The lowest BCUT2D eigenvalue weighted by Gasteiger charge is -2.06. The van der Waals surface area contributed by atoms with Crippen molar-refractivity contribution in [2.75, 3.05) is 7.11 Å². The van der Waals surface area contributed by atoms with Crippen molar-refractivity contribution in [3.05, 3.63) is 17.1 Å². The summed E-state index contributed by atoms with van der Waals surface area (Å²) >= 11 is 0. The zero-order valence-corrected chi connectivity index (χ0v) is 7.71. The summed E-state index contributed by atoms with van der Waals surface area (Å²) < 4.78 is 5.19. The van der Waals surface area contributed by atoms with Crippen LogP contribution in [0.4, 0.5) is 0 Å². The predicted octanol–water partition coefficient (Wildman–Crippen LogP) is 0.433. The fourth-order valence-electron chi connectivity index (χ4n) is 1.71. The van der Waals surface area contributed by atoms with Gasteiger partial charge in [0.25, 0.3) is 0 Å². The number of rotatable bonds is 2. The molecule has 13 heavy (non-hydrogen) atoms. The largest absolute Gasteiger partial charge is 0.481 e. The molecule has 1 aromatic rings. The number of fused-ring (bicyclic) bond motifs is 1. The number of methoxy groups -OCH3 is 1. The number of hydrogen-bond acceptors (Lipinski definition) is 4. The molecule has 2 rings (SSSR count). The van der Waals surface area contributed by atoms with Gasteiger partial charge in [-0.3, -0.25) is 0 Å². The second kappa shape index (κ2) is 3.30. The van der Waals surface area contributed by atoms with Gasteiger partial charge in [0, 0.05) is 5.56 Å². The first-order chi connectivity index (χ1) is 6.35. The average molecular weight is 179 g/mol. The molecule has 0 amide bonds. The molecule has 0 fully saturated rings. The van der Waals surface area contributed by atoms with E-state index in [2.05, 4.69) is 9.97 Å². The molecule has 1 heterocycles. The first-order valence-electron chi connectivity index (χ1n) is 4.48. The van der Waals surface area contributed by atoms with Crippen LogP contribution >= 0.6 is 0 Å². The van der Waals surface area contributed by atoms with Crippen molar-refractivity contribution in [2.24, 2.45) is 5.73 Å². The summed E-state index contributed by atoms with van der Waals surface area (Å²) in [6.07, 6.45) is 3.21. The van der Waals surface area contributed by atoms with Crippen molar-refractivity contribution in [1.82, 2.24) is 9.97 Å². The smallest absolute Gasteiger partial charge is 0.219 e. The highest BCUT2D eigenvalue weighted by Crippen LogP contribution is 2.27. The minimum atomic E-state index is 0.379. The molecule has 0 spiro atoms. The van der Waals surface area contributed by atoms with Gasteiger partial charge in [-0.25, -0.2) is 4.98 Å². The Balaban J connectivity index is 2.49. The lowest BCUT2D eigenvalue weighted by atomic mass is 10.2. The Morgan fingerprint density at radius 2 is 2.23 bits per heavy atom. The van der Waals surface area contributed by atoms with Crippen molar-refractivity contribution in [1.29, 1.82) is 0 Å². The molecule has 0 aliphatic heterocycles. The molecule has 0 bridgehead atoms. The lowest BCUT2D eigenvalue weighted by molar-refractivity contribution is 0.390. The van der Waals surface area contributed by atoms with Crippen molar-refractivity contribution < 1.29 is 4.74 Å². The summed E-state index contributed by atoms with van der Waals surface area (Å²) in [5.74, 6) is 1.39. The van der Waals surface area contributed by atoms with Crippen LogP contribution < -0.4 is 10.5 Å². The minimum absolute atomic E-state index is 0.379. The maximum atomic E-state index is 5.49. The van der Waals surface area contributed by atoms with Crippen LogP contribution in [0.15, 0.2) is 0 Å². The van der Waals surface area contributed by atoms with E-state index in [1.165, 1.54) is 5.56 Å². The summed E-state index contributed by atoms with van der Waals surface area (Å²) in [5, 5.41) is 0. The molecule has 0 atom stereocenters. The lowest BCUT2D eigenvalue weighted by Crippen LogP contribution is -2.07. The maximum absolute atomic E-state index is 5.49. The Hall–Kier alpha value is -1.16. The van der Waals surface area contributed by atoms with Crippen LogP contribution in [0.5, 0.6) is 5.88 Å². The minimum Gasteiger partial charge on any atom is -0.481 e. The van der Waals surface area contributed by atoms with Gasteiger partial charge >= 0.3 is 0 Å². The Kier molecular flexibility index (Phi) is 2.14. The van der Waals surface area contributed by atoms with Crippen LogP contribution in [-0.4, -0.2) is 17.1 Å². The topological polar surface area (TPSA) is 61.0 Å². The van der Waals surface area contributed by atoms with Crippen molar-refractivity contribution in [3.63, 3.8) is 0 Å². The first kappa shape index (κ1) is 8.44. The quantitative estimate of drug-likeness (QED) is 0.715. The molecule has 2 N–H and O–H groups in total. The summed E-state index contributed by atoms with van der Waals surface area (Å²) in [4.78, 5) is 8.59. The predicted molar refractivity (Wildman–Crippen MR) is 48.5 cm³/mol. The molecular weight excluding hydrogens is 166 g/mol. The van der Waals surface area contributed by atoms with E-state index in [-0.39, 0.29) is 0 Å². The SMILES string of the molecule is COc1nc(CN)nc2c1CCC2. The van der Waals surface area contributed by atoms with E-state index in [0.29, 0.717) is 18.2 Å². The van der Waals surface area contributed by atoms with Crippen LogP contribution in [0.3, 0.4) is 0 Å². The van der Waals surface area contributed by atoms with Crippen LogP contribution in [-0.2, 0) is 19.4 Å². The Labute approximate surface area is 77.1 Å². The van der Waals surface area contributed by atoms with Crippen LogP contribution in [0.1, 0.15) is 23.5 Å². The van der Waals surface area contributed by atoms with Gasteiger partial charge in [0.2, 0.25) is 5.88 Å². The number of nitrogens with two attached hydrogens (primary N) is 1. The summed E-state index contributed by atoms with van der Waals surface area (Å²) in [6.45, 7) is 0.379.